The van der Waals surface area contributed by atoms with Gasteiger partial charge in [-0.15, -0.1) is 0 Å². The lowest BCUT2D eigenvalue weighted by Crippen LogP contribution is -2.63. The van der Waals surface area contributed by atoms with Gasteiger partial charge in [-0.3, -0.25) is 4.90 Å². The van der Waals surface area contributed by atoms with Crippen molar-refractivity contribution in [2.24, 2.45) is 17.3 Å². The van der Waals surface area contributed by atoms with Crippen molar-refractivity contribution in [1.82, 2.24) is 4.90 Å². The van der Waals surface area contributed by atoms with Crippen molar-refractivity contribution >= 4 is 0 Å². The highest BCUT2D eigenvalue weighted by Gasteiger charge is 2.74. The number of hydrogen-bond donors (Lipinski definition) is 1. The van der Waals surface area contributed by atoms with Gasteiger partial charge in [0, 0.05) is 19.1 Å². The van der Waals surface area contributed by atoms with E-state index in [1.807, 2.05) is 0 Å². The summed E-state index contributed by atoms with van der Waals surface area (Å²) in [6, 6.07) is 11.1. The van der Waals surface area contributed by atoms with Crippen LogP contribution in [0.3, 0.4) is 0 Å². The Morgan fingerprint density at radius 2 is 2.00 bits per heavy atom. The fourth-order valence-electron chi connectivity index (χ4n) is 5.84. The van der Waals surface area contributed by atoms with E-state index in [0.717, 1.165) is 25.9 Å². The van der Waals surface area contributed by atoms with E-state index in [4.69, 9.17) is 4.74 Å². The van der Waals surface area contributed by atoms with Crippen LogP contribution in [0.25, 0.3) is 0 Å². The second-order valence-corrected chi connectivity index (χ2v) is 9.19. The molecule has 1 aromatic carbocycles. The van der Waals surface area contributed by atoms with Crippen molar-refractivity contribution in [3.8, 4) is 0 Å². The van der Waals surface area contributed by atoms with Crippen LogP contribution < -0.4 is 0 Å². The van der Waals surface area contributed by atoms with E-state index in [-0.39, 0.29) is 23.2 Å². The van der Waals surface area contributed by atoms with Crippen LogP contribution in [-0.4, -0.2) is 40.4 Å². The number of epoxide rings is 1. The number of nitrogens with zero attached hydrogens (tertiary/aromatic N) is 1. The summed E-state index contributed by atoms with van der Waals surface area (Å²) in [6.45, 7) is 6.58. The molecule has 2 aliphatic heterocycles. The largest absolute Gasteiger partial charge is 0.390 e. The van der Waals surface area contributed by atoms with E-state index in [2.05, 4.69) is 61.2 Å². The average molecular weight is 339 g/mol. The normalized spacial score (nSPS) is 44.5. The lowest BCUT2D eigenvalue weighted by molar-refractivity contribution is -0.177. The predicted octanol–water partition coefficient (Wildman–Crippen LogP) is 3.38. The van der Waals surface area contributed by atoms with E-state index < -0.39 is 0 Å². The molecule has 0 radical (unpaired) electrons. The second-order valence-electron chi connectivity index (χ2n) is 9.19. The number of aliphatic hydroxyl groups is 1. The number of aliphatic hydroxyl groups excluding tert-OH is 1. The van der Waals surface area contributed by atoms with Crippen molar-refractivity contribution in [3.63, 3.8) is 0 Å². The summed E-state index contributed by atoms with van der Waals surface area (Å²) in [5, 5.41) is 11.1. The van der Waals surface area contributed by atoms with Gasteiger partial charge in [0.25, 0.3) is 0 Å². The molecular formula is C22H29NO2. The Bertz CT molecular complexity index is 685. The third-order valence-corrected chi connectivity index (χ3v) is 7.70. The van der Waals surface area contributed by atoms with Gasteiger partial charge in [-0.1, -0.05) is 56.3 Å². The monoisotopic (exact) mass is 339 g/mol. The molecule has 3 heteroatoms. The van der Waals surface area contributed by atoms with Crippen LogP contribution >= 0.6 is 0 Å². The van der Waals surface area contributed by atoms with Gasteiger partial charge in [-0.2, -0.15) is 0 Å². The number of hydrogen-bond acceptors (Lipinski definition) is 3. The molecule has 4 fully saturated rings. The maximum Gasteiger partial charge on any atom is 0.123 e. The topological polar surface area (TPSA) is 36.0 Å². The fourth-order valence-corrected chi connectivity index (χ4v) is 5.84. The first-order chi connectivity index (χ1) is 12.0. The lowest BCUT2D eigenvalue weighted by Gasteiger charge is -2.60. The molecule has 134 valence electrons. The molecule has 6 rings (SSSR count). The second kappa shape index (κ2) is 5.42. The quantitative estimate of drug-likeness (QED) is 0.677. The minimum absolute atomic E-state index is 0.192. The fraction of sp³-hybridized carbons (Fsp3) is 0.636. The van der Waals surface area contributed by atoms with E-state index in [1.165, 1.54) is 12.0 Å². The van der Waals surface area contributed by atoms with Gasteiger partial charge >= 0.3 is 0 Å². The van der Waals surface area contributed by atoms with Crippen molar-refractivity contribution in [2.45, 2.75) is 63.5 Å². The van der Waals surface area contributed by atoms with Crippen LogP contribution in [0.1, 0.15) is 38.7 Å². The standard InChI is InChI=1S/C22H29NO2/c1-21(2)16-12-17(21)19(24)22(13-16)20(25-22)18-10-6-7-11-23(18)14-15-8-4-3-5-9-15/h3-9,16-20,24H,10-14H2,1-2H3/t16-,17+,18-,19+,20+,22+/m1/s1. The summed E-state index contributed by atoms with van der Waals surface area (Å²) in [7, 11) is 0. The predicted molar refractivity (Wildman–Crippen MR) is 98.0 cm³/mol. The first-order valence-electron chi connectivity index (χ1n) is 9.81. The summed E-state index contributed by atoms with van der Waals surface area (Å²) in [5.41, 5.74) is 1.39. The zero-order chi connectivity index (χ0) is 17.2. The van der Waals surface area contributed by atoms with Crippen molar-refractivity contribution in [2.75, 3.05) is 6.54 Å². The molecule has 3 aliphatic carbocycles. The first-order valence-corrected chi connectivity index (χ1v) is 9.81. The Kier molecular flexibility index (Phi) is 3.48. The highest BCUT2D eigenvalue weighted by molar-refractivity contribution is 5.25. The van der Waals surface area contributed by atoms with Gasteiger partial charge in [-0.05, 0) is 42.1 Å². The zero-order valence-electron chi connectivity index (χ0n) is 15.3. The molecule has 3 saturated carbocycles. The maximum atomic E-state index is 11.1. The first kappa shape index (κ1) is 16.0. The van der Waals surface area contributed by atoms with Crippen LogP contribution in [0.5, 0.6) is 0 Å². The number of rotatable bonds is 3. The number of ether oxygens (including phenoxy) is 1. The van der Waals surface area contributed by atoms with Crippen LogP contribution in [0.15, 0.2) is 42.5 Å². The minimum atomic E-state index is -0.290. The summed E-state index contributed by atoms with van der Waals surface area (Å²) in [4.78, 5) is 2.53. The highest BCUT2D eigenvalue weighted by Crippen LogP contribution is 2.67. The molecule has 1 saturated heterocycles. The third-order valence-electron chi connectivity index (χ3n) is 7.70. The highest BCUT2D eigenvalue weighted by atomic mass is 16.6. The van der Waals surface area contributed by atoms with E-state index >= 15 is 0 Å². The summed E-state index contributed by atoms with van der Waals surface area (Å²) < 4.78 is 6.33. The van der Waals surface area contributed by atoms with Crippen LogP contribution in [0, 0.1) is 17.3 Å². The summed E-state index contributed by atoms with van der Waals surface area (Å²) in [5.74, 6) is 1.13. The van der Waals surface area contributed by atoms with Crippen LogP contribution in [-0.2, 0) is 11.3 Å². The third kappa shape index (κ3) is 2.29. The zero-order valence-corrected chi connectivity index (χ0v) is 15.3. The molecule has 6 atom stereocenters. The summed E-state index contributed by atoms with van der Waals surface area (Å²) in [6.07, 6.45) is 7.73. The van der Waals surface area contributed by atoms with Gasteiger partial charge in [0.15, 0.2) is 0 Å². The minimum Gasteiger partial charge on any atom is -0.390 e. The van der Waals surface area contributed by atoms with Crippen LogP contribution in [0.4, 0.5) is 0 Å². The molecule has 1 aromatic rings. The SMILES string of the molecule is CC1(C)[C@@H]2C[C@H]1[C@H](O)[C@]1(C2)O[C@H]1[C@H]1CC=CCN1Cc1ccccc1. The van der Waals surface area contributed by atoms with Gasteiger partial charge in [0.1, 0.15) is 11.7 Å². The average Bonchev–Trinajstić information content (AvgIpc) is 3.33. The molecule has 0 aromatic heterocycles. The maximum absolute atomic E-state index is 11.1. The molecular weight excluding hydrogens is 310 g/mol. The Morgan fingerprint density at radius 1 is 1.20 bits per heavy atom. The molecule has 1 N–H and O–H groups in total. The molecule has 5 aliphatic rings. The molecule has 1 spiro atoms. The number of benzene rings is 1. The lowest BCUT2D eigenvalue weighted by atomic mass is 9.45. The van der Waals surface area contributed by atoms with E-state index in [1.54, 1.807) is 0 Å². The molecule has 3 nitrogen and oxygen atoms in total. The smallest absolute Gasteiger partial charge is 0.123 e. The Balaban J connectivity index is 1.34. The Labute approximate surface area is 150 Å². The van der Waals surface area contributed by atoms with Crippen molar-refractivity contribution < 1.29 is 9.84 Å². The molecule has 25 heavy (non-hydrogen) atoms. The van der Waals surface area contributed by atoms with Crippen LogP contribution in [0.2, 0.25) is 0 Å². The molecule has 0 unspecified atom stereocenters. The van der Waals surface area contributed by atoms with E-state index in [0.29, 0.717) is 17.9 Å². The van der Waals surface area contributed by atoms with Gasteiger partial charge in [-0.25, -0.2) is 0 Å². The van der Waals surface area contributed by atoms with E-state index in [9.17, 15) is 5.11 Å². The van der Waals surface area contributed by atoms with Crippen molar-refractivity contribution in [3.05, 3.63) is 48.0 Å². The summed E-state index contributed by atoms with van der Waals surface area (Å²) >= 11 is 0. The van der Waals surface area contributed by atoms with Crippen molar-refractivity contribution in [1.29, 1.82) is 0 Å². The molecule has 0 amide bonds. The van der Waals surface area contributed by atoms with Gasteiger partial charge in [0.05, 0.1) is 6.10 Å². The Hall–Kier alpha value is -1.16. The van der Waals surface area contributed by atoms with Gasteiger partial charge in [0.2, 0.25) is 0 Å². The van der Waals surface area contributed by atoms with Gasteiger partial charge < -0.3 is 9.84 Å². The molecule has 2 bridgehead atoms. The Morgan fingerprint density at radius 3 is 2.72 bits per heavy atom. The molecule has 2 heterocycles.